The monoisotopic (exact) mass is 314 g/mol. The van der Waals surface area contributed by atoms with E-state index in [0.717, 1.165) is 51.0 Å². The maximum atomic E-state index is 11.4. The van der Waals surface area contributed by atoms with Gasteiger partial charge in [-0.2, -0.15) is 0 Å². The second-order valence-corrected chi connectivity index (χ2v) is 4.96. The number of carbonyl (C=O) groups is 3. The molecule has 126 valence electrons. The Labute approximate surface area is 131 Å². The third-order valence-corrected chi connectivity index (χ3v) is 3.03. The van der Waals surface area contributed by atoms with Crippen molar-refractivity contribution in [1.82, 2.24) is 0 Å². The lowest BCUT2D eigenvalue weighted by molar-refractivity contribution is -0.149. The molecule has 0 saturated carbocycles. The minimum Gasteiger partial charge on any atom is -0.481 e. The first-order chi connectivity index (χ1) is 10.6. The molecule has 6 heteroatoms. The lowest BCUT2D eigenvalue weighted by atomic mass is 10.1. The van der Waals surface area contributed by atoms with Gasteiger partial charge in [0.05, 0.1) is 0 Å². The molecule has 0 unspecified atom stereocenters. The Kier molecular flexibility index (Phi) is 12.9. The summed E-state index contributed by atoms with van der Waals surface area (Å²) in [7, 11) is 0. The van der Waals surface area contributed by atoms with Gasteiger partial charge in [-0.25, -0.2) is 4.79 Å². The number of carboxylic acids is 1. The van der Waals surface area contributed by atoms with Crippen LogP contribution < -0.4 is 0 Å². The smallest absolute Gasteiger partial charge is 0.330 e. The van der Waals surface area contributed by atoms with Crippen LogP contribution in [-0.2, 0) is 23.9 Å². The van der Waals surface area contributed by atoms with Gasteiger partial charge in [-0.3, -0.25) is 9.59 Å². The molecule has 0 saturated heterocycles. The van der Waals surface area contributed by atoms with E-state index in [4.69, 9.17) is 9.84 Å². The highest BCUT2D eigenvalue weighted by atomic mass is 16.6. The number of carboxylic acid groups (broad SMARTS) is 1. The molecule has 1 N–H and O–H groups in total. The molecule has 0 atom stereocenters. The van der Waals surface area contributed by atoms with Crippen molar-refractivity contribution in [2.45, 2.75) is 57.8 Å². The van der Waals surface area contributed by atoms with Crippen molar-refractivity contribution in [1.29, 1.82) is 0 Å². The van der Waals surface area contributed by atoms with Crippen molar-refractivity contribution in [3.05, 3.63) is 12.7 Å². The van der Waals surface area contributed by atoms with Crippen molar-refractivity contribution < 1.29 is 29.0 Å². The zero-order chi connectivity index (χ0) is 16.6. The highest BCUT2D eigenvalue weighted by Crippen LogP contribution is 2.10. The predicted molar refractivity (Wildman–Crippen MR) is 81.3 cm³/mol. The number of rotatable bonds is 14. The zero-order valence-electron chi connectivity index (χ0n) is 13.1. The summed E-state index contributed by atoms with van der Waals surface area (Å²) in [5.41, 5.74) is 0. The van der Waals surface area contributed by atoms with E-state index < -0.39 is 11.9 Å². The average molecular weight is 314 g/mol. The molecule has 0 aromatic rings. The van der Waals surface area contributed by atoms with E-state index in [1.54, 1.807) is 0 Å². The minimum absolute atomic E-state index is 0.0485. The lowest BCUT2D eigenvalue weighted by Gasteiger charge is -2.05. The Hall–Kier alpha value is -1.85. The molecule has 0 fully saturated rings. The number of hydrogen-bond acceptors (Lipinski definition) is 5. The Bertz CT molecular complexity index is 351. The molecule has 0 amide bonds. The third-order valence-electron chi connectivity index (χ3n) is 3.03. The fourth-order valence-electron chi connectivity index (χ4n) is 1.86. The summed E-state index contributed by atoms with van der Waals surface area (Å²) in [5, 5.41) is 8.48. The van der Waals surface area contributed by atoms with Crippen molar-refractivity contribution in [3.63, 3.8) is 0 Å². The van der Waals surface area contributed by atoms with Gasteiger partial charge in [0.2, 0.25) is 0 Å². The van der Waals surface area contributed by atoms with Crippen LogP contribution in [0.4, 0.5) is 0 Å². The molecule has 0 aromatic carbocycles. The van der Waals surface area contributed by atoms with E-state index in [1.165, 1.54) is 0 Å². The van der Waals surface area contributed by atoms with E-state index in [0.29, 0.717) is 6.42 Å². The molecule has 0 radical (unpaired) electrons. The van der Waals surface area contributed by atoms with E-state index in [2.05, 4.69) is 11.3 Å². The third kappa shape index (κ3) is 14.6. The van der Waals surface area contributed by atoms with Crippen LogP contribution >= 0.6 is 0 Å². The first kappa shape index (κ1) is 20.1. The molecule has 6 nitrogen and oxygen atoms in total. The number of hydrogen-bond donors (Lipinski definition) is 1. The number of ether oxygens (including phenoxy) is 2. The van der Waals surface area contributed by atoms with Crippen LogP contribution in [0.15, 0.2) is 12.7 Å². The molecule has 22 heavy (non-hydrogen) atoms. The number of carbonyl (C=O) groups excluding carboxylic acids is 2. The second-order valence-electron chi connectivity index (χ2n) is 4.96. The highest BCUT2D eigenvalue weighted by molar-refractivity contribution is 5.81. The van der Waals surface area contributed by atoms with Crippen LogP contribution in [-0.4, -0.2) is 36.2 Å². The fourth-order valence-corrected chi connectivity index (χ4v) is 1.86. The van der Waals surface area contributed by atoms with Crippen LogP contribution in [0.2, 0.25) is 0 Å². The zero-order valence-corrected chi connectivity index (χ0v) is 13.1. The summed E-state index contributed by atoms with van der Waals surface area (Å²) >= 11 is 0. The van der Waals surface area contributed by atoms with E-state index in [1.807, 2.05) is 0 Å². The Balaban J connectivity index is 3.26. The SMILES string of the molecule is C=CC(=O)OCCOC(=O)CCCCCCCCCC(=O)O. The Morgan fingerprint density at radius 3 is 1.86 bits per heavy atom. The van der Waals surface area contributed by atoms with E-state index in [-0.39, 0.29) is 25.6 Å². The second kappa shape index (κ2) is 14.1. The van der Waals surface area contributed by atoms with Crippen LogP contribution in [0, 0.1) is 0 Å². The average Bonchev–Trinajstić information content (AvgIpc) is 2.49. The standard InChI is InChI=1S/C16H26O6/c1-2-15(19)21-12-13-22-16(20)11-9-7-5-3-4-6-8-10-14(17)18/h2H,1,3-13H2,(H,17,18). The highest BCUT2D eigenvalue weighted by Gasteiger charge is 2.03. The van der Waals surface area contributed by atoms with Gasteiger partial charge in [-0.1, -0.05) is 38.7 Å². The topological polar surface area (TPSA) is 89.9 Å². The molecule has 0 heterocycles. The summed E-state index contributed by atoms with van der Waals surface area (Å²) in [6.07, 6.45) is 8.22. The van der Waals surface area contributed by atoms with Gasteiger partial charge in [-0.15, -0.1) is 0 Å². The molecule has 0 aromatic heterocycles. The van der Waals surface area contributed by atoms with Gasteiger partial charge < -0.3 is 14.6 Å². The van der Waals surface area contributed by atoms with Crippen LogP contribution in [0.25, 0.3) is 0 Å². The van der Waals surface area contributed by atoms with Gasteiger partial charge in [0, 0.05) is 18.9 Å². The quantitative estimate of drug-likeness (QED) is 0.301. The molecule has 0 bridgehead atoms. The molecular weight excluding hydrogens is 288 g/mol. The van der Waals surface area contributed by atoms with Gasteiger partial charge >= 0.3 is 17.9 Å². The Morgan fingerprint density at radius 2 is 1.32 bits per heavy atom. The molecule has 0 rings (SSSR count). The van der Waals surface area contributed by atoms with Crippen LogP contribution in [0.3, 0.4) is 0 Å². The largest absolute Gasteiger partial charge is 0.481 e. The van der Waals surface area contributed by atoms with Gasteiger partial charge in [0.25, 0.3) is 0 Å². The van der Waals surface area contributed by atoms with Gasteiger partial charge in [0.15, 0.2) is 0 Å². The van der Waals surface area contributed by atoms with Crippen molar-refractivity contribution in [3.8, 4) is 0 Å². The number of unbranched alkanes of at least 4 members (excludes halogenated alkanes) is 6. The molecule has 0 aliphatic rings. The Morgan fingerprint density at radius 1 is 0.818 bits per heavy atom. The molecule has 0 spiro atoms. The first-order valence-electron chi connectivity index (χ1n) is 7.73. The molecule has 0 aliphatic carbocycles. The van der Waals surface area contributed by atoms with E-state index in [9.17, 15) is 14.4 Å². The van der Waals surface area contributed by atoms with E-state index >= 15 is 0 Å². The number of aliphatic carboxylic acids is 1. The maximum absolute atomic E-state index is 11.4. The number of esters is 2. The minimum atomic E-state index is -0.738. The molecular formula is C16H26O6. The first-order valence-corrected chi connectivity index (χ1v) is 7.73. The van der Waals surface area contributed by atoms with Crippen LogP contribution in [0.1, 0.15) is 57.8 Å². The van der Waals surface area contributed by atoms with Crippen molar-refractivity contribution >= 4 is 17.9 Å². The molecule has 0 aliphatic heterocycles. The maximum Gasteiger partial charge on any atom is 0.330 e. The summed E-state index contributed by atoms with van der Waals surface area (Å²) < 4.78 is 9.59. The van der Waals surface area contributed by atoms with Gasteiger partial charge in [-0.05, 0) is 12.8 Å². The van der Waals surface area contributed by atoms with Gasteiger partial charge in [0.1, 0.15) is 13.2 Å². The predicted octanol–water partition coefficient (Wildman–Crippen LogP) is 2.85. The van der Waals surface area contributed by atoms with Crippen LogP contribution in [0.5, 0.6) is 0 Å². The lowest BCUT2D eigenvalue weighted by Crippen LogP contribution is -2.12. The van der Waals surface area contributed by atoms with Crippen molar-refractivity contribution in [2.24, 2.45) is 0 Å². The summed E-state index contributed by atoms with van der Waals surface area (Å²) in [5.74, 6) is -1.55. The normalized spacial score (nSPS) is 10.0. The fraction of sp³-hybridized carbons (Fsp3) is 0.688. The summed E-state index contributed by atoms with van der Waals surface area (Å²) in [6.45, 7) is 3.38. The van der Waals surface area contributed by atoms with Crippen molar-refractivity contribution in [2.75, 3.05) is 13.2 Å². The summed E-state index contributed by atoms with van der Waals surface area (Å²) in [6, 6.07) is 0. The summed E-state index contributed by atoms with van der Waals surface area (Å²) in [4.78, 5) is 32.4.